The van der Waals surface area contributed by atoms with Gasteiger partial charge in [-0.25, -0.2) is 4.68 Å². The van der Waals surface area contributed by atoms with Crippen molar-refractivity contribution in [1.82, 2.24) is 9.78 Å². The number of rotatable bonds is 3. The molecule has 0 bridgehead atoms. The van der Waals surface area contributed by atoms with Gasteiger partial charge in [0.05, 0.1) is 17.3 Å². The van der Waals surface area contributed by atoms with Gasteiger partial charge in [-0.1, -0.05) is 28.1 Å². The van der Waals surface area contributed by atoms with Crippen molar-refractivity contribution in [3.63, 3.8) is 0 Å². The van der Waals surface area contributed by atoms with Crippen LogP contribution in [0.25, 0.3) is 5.69 Å². The molecule has 1 N–H and O–H groups in total. The molecule has 3 aromatic rings. The van der Waals surface area contributed by atoms with Crippen LogP contribution in [-0.4, -0.2) is 21.5 Å². The third kappa shape index (κ3) is 3.18. The second kappa shape index (κ2) is 7.02. The topological polar surface area (TPSA) is 64.0 Å². The molecule has 0 spiro atoms. The standard InChI is InChI=1S/C22H20BrN3O2/c1-12-4-5-15(10-13(12)2)21(28)18-11-19(27)24-22-20(18)14(3)25-26(22)17-8-6-16(23)7-9-17/h4-10,18H,11H2,1-3H3,(H,24,27)/t18-/m1/s1. The number of hydrogen-bond donors (Lipinski definition) is 1. The molecular formula is C22H20BrN3O2. The maximum Gasteiger partial charge on any atom is 0.226 e. The number of anilines is 1. The van der Waals surface area contributed by atoms with E-state index in [4.69, 9.17) is 0 Å². The van der Waals surface area contributed by atoms with Crippen molar-refractivity contribution in [3.8, 4) is 5.69 Å². The number of nitrogens with one attached hydrogen (secondary N) is 1. The summed E-state index contributed by atoms with van der Waals surface area (Å²) in [5.74, 6) is -0.168. The van der Waals surface area contributed by atoms with Gasteiger partial charge in [-0.3, -0.25) is 9.59 Å². The van der Waals surface area contributed by atoms with Crippen LogP contribution in [0.1, 0.15) is 45.1 Å². The molecule has 0 saturated carbocycles. The van der Waals surface area contributed by atoms with Gasteiger partial charge in [-0.2, -0.15) is 5.10 Å². The van der Waals surface area contributed by atoms with Gasteiger partial charge in [0.15, 0.2) is 5.78 Å². The lowest BCUT2D eigenvalue weighted by Gasteiger charge is -2.23. The molecular weight excluding hydrogens is 418 g/mol. The maximum atomic E-state index is 13.3. The summed E-state index contributed by atoms with van der Waals surface area (Å²) in [5, 5.41) is 7.54. The van der Waals surface area contributed by atoms with E-state index in [0.29, 0.717) is 11.4 Å². The van der Waals surface area contributed by atoms with Gasteiger partial charge >= 0.3 is 0 Å². The van der Waals surface area contributed by atoms with Crippen LogP contribution < -0.4 is 5.32 Å². The van der Waals surface area contributed by atoms with E-state index in [2.05, 4.69) is 26.3 Å². The van der Waals surface area contributed by atoms with E-state index in [9.17, 15) is 9.59 Å². The van der Waals surface area contributed by atoms with E-state index in [0.717, 1.165) is 32.5 Å². The Kier molecular flexibility index (Phi) is 4.67. The van der Waals surface area contributed by atoms with Gasteiger partial charge in [0.1, 0.15) is 5.82 Å². The number of hydrogen-bond acceptors (Lipinski definition) is 3. The summed E-state index contributed by atoms with van der Waals surface area (Å²) in [5.41, 5.74) is 5.20. The van der Waals surface area contributed by atoms with Crippen LogP contribution in [0.3, 0.4) is 0 Å². The number of benzene rings is 2. The summed E-state index contributed by atoms with van der Waals surface area (Å²) in [6.45, 7) is 5.89. The summed E-state index contributed by atoms with van der Waals surface area (Å²) >= 11 is 3.43. The van der Waals surface area contributed by atoms with Crippen LogP contribution in [0.2, 0.25) is 0 Å². The Balaban J connectivity index is 1.81. The minimum Gasteiger partial charge on any atom is -0.310 e. The number of carbonyl (C=O) groups is 2. The Hall–Kier alpha value is -2.73. The minimum absolute atomic E-state index is 0.0438. The van der Waals surface area contributed by atoms with Crippen LogP contribution in [-0.2, 0) is 4.79 Å². The Bertz CT molecular complexity index is 1100. The van der Waals surface area contributed by atoms with Crippen LogP contribution in [0.4, 0.5) is 5.82 Å². The second-order valence-electron chi connectivity index (χ2n) is 7.20. The number of carbonyl (C=O) groups excluding carboxylic acids is 2. The van der Waals surface area contributed by atoms with Crippen LogP contribution >= 0.6 is 15.9 Å². The van der Waals surface area contributed by atoms with Gasteiger partial charge in [-0.05, 0) is 62.2 Å². The number of Topliss-reactive ketones (excluding diaryl/α,β-unsaturated/α-hetero) is 1. The molecule has 1 atom stereocenters. The highest BCUT2D eigenvalue weighted by molar-refractivity contribution is 9.10. The first-order valence-electron chi connectivity index (χ1n) is 9.12. The van der Waals surface area contributed by atoms with Gasteiger partial charge in [0.25, 0.3) is 0 Å². The average Bonchev–Trinajstić information content (AvgIpc) is 3.00. The lowest BCUT2D eigenvalue weighted by Crippen LogP contribution is -2.28. The molecule has 4 rings (SSSR count). The quantitative estimate of drug-likeness (QED) is 0.594. The predicted octanol–water partition coefficient (Wildman–Crippen LogP) is 4.87. The van der Waals surface area contributed by atoms with Gasteiger partial charge < -0.3 is 5.32 Å². The molecule has 0 fully saturated rings. The largest absolute Gasteiger partial charge is 0.310 e. The molecule has 0 saturated heterocycles. The van der Waals surface area contributed by atoms with Crippen molar-refractivity contribution in [2.75, 3.05) is 5.32 Å². The highest BCUT2D eigenvalue weighted by Gasteiger charge is 2.36. The Morgan fingerprint density at radius 2 is 1.82 bits per heavy atom. The van der Waals surface area contributed by atoms with Crippen molar-refractivity contribution in [1.29, 1.82) is 0 Å². The average molecular weight is 438 g/mol. The molecule has 2 heterocycles. The fourth-order valence-electron chi connectivity index (χ4n) is 3.64. The lowest BCUT2D eigenvalue weighted by atomic mass is 9.85. The fraction of sp³-hybridized carbons (Fsp3) is 0.227. The van der Waals surface area contributed by atoms with Crippen molar-refractivity contribution in [2.24, 2.45) is 0 Å². The molecule has 5 nitrogen and oxygen atoms in total. The minimum atomic E-state index is -0.532. The van der Waals surface area contributed by atoms with Crippen LogP contribution in [0.5, 0.6) is 0 Å². The molecule has 1 aliphatic heterocycles. The number of fused-ring (bicyclic) bond motifs is 1. The van der Waals surface area contributed by atoms with E-state index in [-0.39, 0.29) is 18.1 Å². The van der Waals surface area contributed by atoms with E-state index >= 15 is 0 Å². The molecule has 0 radical (unpaired) electrons. The highest BCUT2D eigenvalue weighted by atomic mass is 79.9. The molecule has 142 valence electrons. The van der Waals surface area contributed by atoms with Crippen molar-refractivity contribution in [2.45, 2.75) is 33.1 Å². The Morgan fingerprint density at radius 3 is 2.50 bits per heavy atom. The number of halogens is 1. The van der Waals surface area contributed by atoms with Crippen molar-refractivity contribution in [3.05, 3.63) is 74.9 Å². The summed E-state index contributed by atoms with van der Waals surface area (Å²) in [6.07, 6.45) is 0.131. The molecule has 1 amide bonds. The van der Waals surface area contributed by atoms with Crippen LogP contribution in [0.15, 0.2) is 46.9 Å². The second-order valence-corrected chi connectivity index (χ2v) is 8.12. The smallest absolute Gasteiger partial charge is 0.226 e. The van der Waals surface area contributed by atoms with E-state index in [1.54, 1.807) is 4.68 Å². The third-order valence-electron chi connectivity index (χ3n) is 5.28. The number of nitrogens with zero attached hydrogens (tertiary/aromatic N) is 2. The van der Waals surface area contributed by atoms with Gasteiger partial charge in [0.2, 0.25) is 5.91 Å². The Labute approximate surface area is 171 Å². The third-order valence-corrected chi connectivity index (χ3v) is 5.81. The zero-order valence-electron chi connectivity index (χ0n) is 15.9. The summed E-state index contributed by atoms with van der Waals surface area (Å²) in [7, 11) is 0. The summed E-state index contributed by atoms with van der Waals surface area (Å²) < 4.78 is 2.66. The van der Waals surface area contributed by atoms with Gasteiger partial charge in [0, 0.05) is 22.0 Å². The Morgan fingerprint density at radius 1 is 1.11 bits per heavy atom. The first-order chi connectivity index (χ1) is 13.3. The summed E-state index contributed by atoms with van der Waals surface area (Å²) in [6, 6.07) is 13.4. The molecule has 1 aromatic heterocycles. The number of amides is 1. The molecule has 28 heavy (non-hydrogen) atoms. The maximum absolute atomic E-state index is 13.3. The molecule has 2 aromatic carbocycles. The van der Waals surface area contributed by atoms with Crippen molar-refractivity contribution < 1.29 is 9.59 Å². The normalized spacial score (nSPS) is 15.9. The first-order valence-corrected chi connectivity index (χ1v) is 9.91. The SMILES string of the molecule is Cc1ccc(C(=O)[C@@H]2CC(=O)Nc3c2c(C)nn3-c2ccc(Br)cc2)cc1C. The van der Waals surface area contributed by atoms with E-state index in [1.807, 2.05) is 63.2 Å². The predicted molar refractivity (Wildman–Crippen MR) is 112 cm³/mol. The number of ketones is 1. The molecule has 6 heteroatoms. The number of aromatic nitrogens is 2. The van der Waals surface area contributed by atoms with E-state index in [1.165, 1.54) is 0 Å². The highest BCUT2D eigenvalue weighted by Crippen LogP contribution is 2.38. The van der Waals surface area contributed by atoms with Crippen LogP contribution in [0, 0.1) is 20.8 Å². The zero-order valence-corrected chi connectivity index (χ0v) is 17.5. The molecule has 0 aliphatic carbocycles. The van der Waals surface area contributed by atoms with Crippen molar-refractivity contribution >= 4 is 33.4 Å². The molecule has 1 aliphatic rings. The monoisotopic (exact) mass is 437 g/mol. The lowest BCUT2D eigenvalue weighted by molar-refractivity contribution is -0.116. The van der Waals surface area contributed by atoms with Gasteiger partial charge in [-0.15, -0.1) is 0 Å². The fourth-order valence-corrected chi connectivity index (χ4v) is 3.90. The summed E-state index contributed by atoms with van der Waals surface area (Å²) in [4.78, 5) is 25.7. The first kappa shape index (κ1) is 18.6. The van der Waals surface area contributed by atoms with E-state index < -0.39 is 5.92 Å². The zero-order chi connectivity index (χ0) is 20.0. The number of aryl methyl sites for hydroxylation is 3. The molecule has 0 unspecified atom stereocenters.